The van der Waals surface area contributed by atoms with E-state index < -0.39 is 12.7 Å². The first kappa shape index (κ1) is 17.0. The average molecular weight is 288 g/mol. The maximum atomic E-state index is 12.6. The third kappa shape index (κ3) is 6.39. The van der Waals surface area contributed by atoms with Crippen LogP contribution in [0.5, 0.6) is 0 Å². The van der Waals surface area contributed by atoms with Gasteiger partial charge >= 0.3 is 6.18 Å². The fraction of sp³-hybridized carbons (Fsp3) is 0.600. The summed E-state index contributed by atoms with van der Waals surface area (Å²) < 4.78 is 37.7. The highest BCUT2D eigenvalue weighted by Crippen LogP contribution is 2.23. The Balaban J connectivity index is 2.74. The highest BCUT2D eigenvalue weighted by atomic mass is 19.4. The Morgan fingerprint density at radius 2 is 1.70 bits per heavy atom. The smallest absolute Gasteiger partial charge is 0.315 e. The fourth-order valence-corrected chi connectivity index (χ4v) is 2.11. The zero-order valence-electron chi connectivity index (χ0n) is 12.2. The van der Waals surface area contributed by atoms with E-state index in [0.29, 0.717) is 12.5 Å². The molecular formula is C15H23F3N2. The van der Waals surface area contributed by atoms with Gasteiger partial charge in [-0.15, -0.1) is 0 Å². The molecule has 0 aromatic heterocycles. The van der Waals surface area contributed by atoms with Gasteiger partial charge in [0, 0.05) is 12.6 Å². The van der Waals surface area contributed by atoms with Crippen molar-refractivity contribution in [3.63, 3.8) is 0 Å². The number of nitrogens with zero attached hydrogens (tertiary/aromatic N) is 1. The van der Waals surface area contributed by atoms with Crippen LogP contribution in [-0.4, -0.2) is 37.8 Å². The van der Waals surface area contributed by atoms with Crippen molar-refractivity contribution in [2.24, 2.45) is 5.92 Å². The zero-order valence-corrected chi connectivity index (χ0v) is 12.2. The molecule has 0 aliphatic carbocycles. The molecule has 0 amide bonds. The lowest BCUT2D eigenvalue weighted by Gasteiger charge is -2.29. The topological polar surface area (TPSA) is 15.3 Å². The van der Waals surface area contributed by atoms with Crippen LogP contribution >= 0.6 is 0 Å². The molecule has 5 heteroatoms. The van der Waals surface area contributed by atoms with Gasteiger partial charge in [0.25, 0.3) is 0 Å². The van der Waals surface area contributed by atoms with Crippen LogP contribution in [-0.2, 0) is 0 Å². The van der Waals surface area contributed by atoms with Crippen LogP contribution in [0.15, 0.2) is 30.3 Å². The lowest BCUT2D eigenvalue weighted by Crippen LogP contribution is -2.39. The van der Waals surface area contributed by atoms with Gasteiger partial charge in [-0.3, -0.25) is 4.90 Å². The summed E-state index contributed by atoms with van der Waals surface area (Å²) in [6, 6.07) is 9.03. The minimum atomic E-state index is -4.18. The van der Waals surface area contributed by atoms with E-state index in [9.17, 15) is 13.2 Å². The summed E-state index contributed by atoms with van der Waals surface area (Å²) in [6.07, 6.45) is -4.18. The van der Waals surface area contributed by atoms with Gasteiger partial charge in [0.15, 0.2) is 0 Å². The fourth-order valence-electron chi connectivity index (χ4n) is 2.11. The van der Waals surface area contributed by atoms with Gasteiger partial charge < -0.3 is 5.32 Å². The van der Waals surface area contributed by atoms with Crippen LogP contribution in [0.4, 0.5) is 13.2 Å². The van der Waals surface area contributed by atoms with E-state index in [1.165, 1.54) is 11.9 Å². The number of alkyl halides is 3. The molecule has 114 valence electrons. The van der Waals surface area contributed by atoms with Gasteiger partial charge in [-0.2, -0.15) is 13.2 Å². The SMILES string of the molecule is CC(C)CNCC(c1ccccc1)N(C)CC(F)(F)F. The Labute approximate surface area is 119 Å². The molecule has 0 saturated heterocycles. The lowest BCUT2D eigenvalue weighted by molar-refractivity contribution is -0.147. The average Bonchev–Trinajstić information content (AvgIpc) is 2.33. The van der Waals surface area contributed by atoms with Crippen LogP contribution in [0, 0.1) is 5.92 Å². The Morgan fingerprint density at radius 1 is 1.10 bits per heavy atom. The number of rotatable bonds is 7. The van der Waals surface area contributed by atoms with Crippen molar-refractivity contribution >= 4 is 0 Å². The van der Waals surface area contributed by atoms with E-state index in [-0.39, 0.29) is 6.04 Å². The summed E-state index contributed by atoms with van der Waals surface area (Å²) >= 11 is 0. The van der Waals surface area contributed by atoms with Crippen LogP contribution in [0.1, 0.15) is 25.5 Å². The molecule has 20 heavy (non-hydrogen) atoms. The first-order valence-electron chi connectivity index (χ1n) is 6.82. The minimum absolute atomic E-state index is 0.281. The van der Waals surface area contributed by atoms with Crippen molar-refractivity contribution in [2.45, 2.75) is 26.1 Å². The number of hydrogen-bond acceptors (Lipinski definition) is 2. The monoisotopic (exact) mass is 288 g/mol. The normalized spacial score (nSPS) is 14.0. The molecule has 0 bridgehead atoms. The summed E-state index contributed by atoms with van der Waals surface area (Å²) in [7, 11) is 1.52. The first-order valence-corrected chi connectivity index (χ1v) is 6.82. The molecular weight excluding hydrogens is 265 g/mol. The second-order valence-corrected chi connectivity index (χ2v) is 5.51. The van der Waals surface area contributed by atoms with E-state index in [1.807, 2.05) is 30.3 Å². The summed E-state index contributed by atoms with van der Waals surface area (Å²) in [5, 5.41) is 3.24. The third-order valence-corrected chi connectivity index (χ3v) is 3.04. The molecule has 0 saturated carbocycles. The van der Waals surface area contributed by atoms with Crippen molar-refractivity contribution < 1.29 is 13.2 Å². The molecule has 1 aromatic carbocycles. The summed E-state index contributed by atoms with van der Waals surface area (Å²) in [4.78, 5) is 1.35. The maximum absolute atomic E-state index is 12.6. The van der Waals surface area contributed by atoms with Crippen molar-refractivity contribution in [1.29, 1.82) is 0 Å². The standard InChI is InChI=1S/C15H23F3N2/c1-12(2)9-19-10-14(13-7-5-4-6-8-13)20(3)11-15(16,17)18/h4-8,12,14,19H,9-11H2,1-3H3. The van der Waals surface area contributed by atoms with Crippen molar-refractivity contribution in [2.75, 3.05) is 26.7 Å². The lowest BCUT2D eigenvalue weighted by atomic mass is 10.1. The van der Waals surface area contributed by atoms with Crippen LogP contribution in [0.2, 0.25) is 0 Å². The largest absolute Gasteiger partial charge is 0.401 e. The number of nitrogens with one attached hydrogen (secondary N) is 1. The number of likely N-dealkylation sites (N-methyl/N-ethyl adjacent to an activating group) is 1. The Hall–Kier alpha value is -1.07. The summed E-state index contributed by atoms with van der Waals surface area (Å²) in [5.74, 6) is 0.472. The highest BCUT2D eigenvalue weighted by molar-refractivity contribution is 5.19. The van der Waals surface area contributed by atoms with E-state index in [2.05, 4.69) is 19.2 Å². The van der Waals surface area contributed by atoms with Gasteiger partial charge in [0.2, 0.25) is 0 Å². The van der Waals surface area contributed by atoms with Gasteiger partial charge in [-0.05, 0) is 25.1 Å². The van der Waals surface area contributed by atoms with Gasteiger partial charge in [0.1, 0.15) is 0 Å². The van der Waals surface area contributed by atoms with Gasteiger partial charge in [-0.25, -0.2) is 0 Å². The van der Waals surface area contributed by atoms with Crippen LogP contribution in [0.25, 0.3) is 0 Å². The molecule has 0 radical (unpaired) electrons. The number of hydrogen-bond donors (Lipinski definition) is 1. The van der Waals surface area contributed by atoms with Gasteiger partial charge in [-0.1, -0.05) is 44.2 Å². The molecule has 0 heterocycles. The molecule has 0 aliphatic heterocycles. The quantitative estimate of drug-likeness (QED) is 0.826. The Kier molecular flexibility index (Phi) is 6.49. The van der Waals surface area contributed by atoms with E-state index >= 15 is 0 Å². The predicted molar refractivity (Wildman–Crippen MR) is 75.6 cm³/mol. The molecule has 1 N–H and O–H groups in total. The summed E-state index contributed by atoms with van der Waals surface area (Å²) in [5.41, 5.74) is 0.899. The molecule has 2 nitrogen and oxygen atoms in total. The van der Waals surface area contributed by atoms with Crippen molar-refractivity contribution in [1.82, 2.24) is 10.2 Å². The molecule has 0 aliphatic rings. The minimum Gasteiger partial charge on any atom is -0.315 e. The number of halogens is 3. The first-order chi connectivity index (χ1) is 9.29. The molecule has 1 rings (SSSR count). The molecule has 1 unspecified atom stereocenters. The van der Waals surface area contributed by atoms with Crippen LogP contribution in [0.3, 0.4) is 0 Å². The Bertz CT molecular complexity index is 376. The van der Waals surface area contributed by atoms with E-state index in [1.54, 1.807) is 0 Å². The van der Waals surface area contributed by atoms with Gasteiger partial charge in [0.05, 0.1) is 6.54 Å². The second kappa shape index (κ2) is 7.64. The van der Waals surface area contributed by atoms with E-state index in [4.69, 9.17) is 0 Å². The molecule has 1 aromatic rings. The third-order valence-electron chi connectivity index (χ3n) is 3.04. The zero-order chi connectivity index (χ0) is 15.2. The molecule has 0 spiro atoms. The van der Waals surface area contributed by atoms with Crippen molar-refractivity contribution in [3.8, 4) is 0 Å². The summed E-state index contributed by atoms with van der Waals surface area (Å²) in [6.45, 7) is 4.54. The van der Waals surface area contributed by atoms with E-state index in [0.717, 1.165) is 12.1 Å². The number of benzene rings is 1. The molecule has 1 atom stereocenters. The van der Waals surface area contributed by atoms with Crippen molar-refractivity contribution in [3.05, 3.63) is 35.9 Å². The maximum Gasteiger partial charge on any atom is 0.401 e. The Morgan fingerprint density at radius 3 is 2.20 bits per heavy atom. The highest BCUT2D eigenvalue weighted by Gasteiger charge is 2.32. The predicted octanol–water partition coefficient (Wildman–Crippen LogP) is 3.47. The second-order valence-electron chi connectivity index (χ2n) is 5.51. The molecule has 0 fully saturated rings. The van der Waals surface area contributed by atoms with Crippen LogP contribution < -0.4 is 5.32 Å².